The van der Waals surface area contributed by atoms with Crippen molar-refractivity contribution >= 4 is 0 Å². The van der Waals surface area contributed by atoms with E-state index in [2.05, 4.69) is 66.0 Å². The highest BCUT2D eigenvalue weighted by Crippen LogP contribution is 1.97. The number of hydrogen-bond donors (Lipinski definition) is 2. The van der Waals surface area contributed by atoms with E-state index in [9.17, 15) is 0 Å². The molecule has 0 radical (unpaired) electrons. The summed E-state index contributed by atoms with van der Waals surface area (Å²) in [5.74, 6) is 0. The third-order valence-electron chi connectivity index (χ3n) is 1.81. The van der Waals surface area contributed by atoms with Crippen LogP contribution in [-0.2, 0) is 0 Å². The van der Waals surface area contributed by atoms with E-state index in [4.69, 9.17) is 0 Å². The van der Waals surface area contributed by atoms with Crippen LogP contribution >= 0.6 is 0 Å². The van der Waals surface area contributed by atoms with Gasteiger partial charge in [0.05, 0.1) is 0 Å². The molecule has 2 nitrogen and oxygen atoms in total. The Labute approximate surface area is 111 Å². The highest BCUT2D eigenvalue weighted by atomic mass is 14.9. The molecule has 0 saturated heterocycles. The molecule has 0 aliphatic rings. The Morgan fingerprint density at radius 1 is 0.647 bits per heavy atom. The number of rotatable bonds is 4. The minimum Gasteiger partial charge on any atom is -0.312 e. The molecule has 0 saturated carbocycles. The van der Waals surface area contributed by atoms with Gasteiger partial charge in [0.2, 0.25) is 0 Å². The fourth-order valence-electron chi connectivity index (χ4n) is 1.000. The average molecular weight is 246 g/mol. The molecule has 0 heterocycles. The predicted molar refractivity (Wildman–Crippen MR) is 82.8 cm³/mol. The van der Waals surface area contributed by atoms with Gasteiger partial charge in [0.25, 0.3) is 0 Å². The molecule has 0 atom stereocenters. The highest BCUT2D eigenvalue weighted by molar-refractivity contribution is 4.69. The van der Waals surface area contributed by atoms with Crippen molar-refractivity contribution in [2.75, 3.05) is 13.1 Å². The minimum absolute atomic E-state index is 0. The molecular formula is C15H38N2. The van der Waals surface area contributed by atoms with Gasteiger partial charge in [0, 0.05) is 11.1 Å². The summed E-state index contributed by atoms with van der Waals surface area (Å²) in [7, 11) is 0. The zero-order valence-electron chi connectivity index (χ0n) is 12.8. The molecule has 108 valence electrons. The van der Waals surface area contributed by atoms with Crippen LogP contribution in [0.15, 0.2) is 0 Å². The van der Waals surface area contributed by atoms with Crippen LogP contribution in [0.4, 0.5) is 0 Å². The van der Waals surface area contributed by atoms with Crippen molar-refractivity contribution in [2.24, 2.45) is 0 Å². The molecule has 17 heavy (non-hydrogen) atoms. The second-order valence-electron chi connectivity index (χ2n) is 6.35. The van der Waals surface area contributed by atoms with Crippen LogP contribution in [0.3, 0.4) is 0 Å². The summed E-state index contributed by atoms with van der Waals surface area (Å²) >= 11 is 0. The van der Waals surface area contributed by atoms with Crippen LogP contribution in [0.1, 0.15) is 75.7 Å². The first-order valence-corrected chi connectivity index (χ1v) is 6.62. The minimum atomic E-state index is 0. The zero-order valence-corrected chi connectivity index (χ0v) is 12.8. The lowest BCUT2D eigenvalue weighted by atomic mass is 10.1. The van der Waals surface area contributed by atoms with Gasteiger partial charge in [-0.05, 0) is 67.5 Å². The fraction of sp³-hybridized carbons (Fsp3) is 1.00. The Balaban J connectivity index is -0.000000218. The molecule has 0 aromatic heterocycles. The van der Waals surface area contributed by atoms with Crippen molar-refractivity contribution in [1.29, 1.82) is 0 Å². The van der Waals surface area contributed by atoms with E-state index in [1.807, 2.05) is 0 Å². The second kappa shape index (κ2) is 11.0. The molecule has 0 aliphatic heterocycles. The molecule has 0 aromatic rings. The highest BCUT2D eigenvalue weighted by Gasteiger charge is 2.06. The first kappa shape index (κ1) is 22.1. The number of hydrogen-bond acceptors (Lipinski definition) is 2. The van der Waals surface area contributed by atoms with Gasteiger partial charge >= 0.3 is 0 Å². The predicted octanol–water partition coefficient (Wildman–Crippen LogP) is 4.21. The lowest BCUT2D eigenvalue weighted by molar-refractivity contribution is 0.426. The molecule has 2 N–H and O–H groups in total. The molecule has 0 amide bonds. The quantitative estimate of drug-likeness (QED) is 0.776. The van der Waals surface area contributed by atoms with Gasteiger partial charge in [-0.3, -0.25) is 0 Å². The van der Waals surface area contributed by atoms with Gasteiger partial charge in [-0.25, -0.2) is 0 Å². The molecule has 0 aromatic carbocycles. The average Bonchev–Trinajstić information content (AvgIpc) is 2.10. The molecule has 0 unspecified atom stereocenters. The number of nitrogens with one attached hydrogen (secondary N) is 2. The summed E-state index contributed by atoms with van der Waals surface area (Å²) < 4.78 is 0. The van der Waals surface area contributed by atoms with Crippen LogP contribution in [0.2, 0.25) is 0 Å². The van der Waals surface area contributed by atoms with Gasteiger partial charge in [-0.1, -0.05) is 21.3 Å². The van der Waals surface area contributed by atoms with E-state index in [0.717, 1.165) is 13.1 Å². The zero-order chi connectivity index (χ0) is 13.2. The molecule has 0 fully saturated rings. The SMILES string of the molecule is C.CCCNC(C)(C)C.CCCNC(C)(C)C. The maximum absolute atomic E-state index is 3.37. The lowest BCUT2D eigenvalue weighted by Crippen LogP contribution is -2.36. The maximum Gasteiger partial charge on any atom is 0.00965 e. The van der Waals surface area contributed by atoms with Gasteiger partial charge in [-0.15, -0.1) is 0 Å². The topological polar surface area (TPSA) is 24.1 Å². The third-order valence-corrected chi connectivity index (χ3v) is 1.81. The smallest absolute Gasteiger partial charge is 0.00965 e. The van der Waals surface area contributed by atoms with E-state index < -0.39 is 0 Å². The Bertz CT molecular complexity index is 122. The third kappa shape index (κ3) is 31.3. The summed E-state index contributed by atoms with van der Waals surface area (Å²) in [6.07, 6.45) is 2.44. The molecule has 0 spiro atoms. The van der Waals surface area contributed by atoms with E-state index in [0.29, 0.717) is 11.1 Å². The van der Waals surface area contributed by atoms with Gasteiger partial charge in [0.1, 0.15) is 0 Å². The largest absolute Gasteiger partial charge is 0.312 e. The summed E-state index contributed by atoms with van der Waals surface area (Å²) in [6.45, 7) is 19.7. The van der Waals surface area contributed by atoms with Gasteiger partial charge in [-0.2, -0.15) is 0 Å². The molecule has 0 rings (SSSR count). The molecule has 2 heteroatoms. The Morgan fingerprint density at radius 3 is 0.941 bits per heavy atom. The molecule has 0 bridgehead atoms. The standard InChI is InChI=1S/2C7H17N.CH4/c2*1-5-6-8-7(2,3)4;/h2*8H,5-6H2,1-4H3;1H4. The lowest BCUT2D eigenvalue weighted by Gasteiger charge is -2.19. The monoisotopic (exact) mass is 246 g/mol. The van der Waals surface area contributed by atoms with Crippen LogP contribution < -0.4 is 10.6 Å². The Hall–Kier alpha value is -0.0800. The van der Waals surface area contributed by atoms with Crippen molar-refractivity contribution in [3.8, 4) is 0 Å². The normalized spacial score (nSPS) is 11.3. The summed E-state index contributed by atoms with van der Waals surface area (Å²) in [4.78, 5) is 0. The van der Waals surface area contributed by atoms with Crippen molar-refractivity contribution in [2.45, 2.75) is 86.7 Å². The van der Waals surface area contributed by atoms with Crippen LogP contribution in [0, 0.1) is 0 Å². The summed E-state index contributed by atoms with van der Waals surface area (Å²) in [5, 5.41) is 6.74. The van der Waals surface area contributed by atoms with Crippen molar-refractivity contribution < 1.29 is 0 Å². The Morgan fingerprint density at radius 2 is 0.882 bits per heavy atom. The first-order chi connectivity index (χ1) is 7.12. The van der Waals surface area contributed by atoms with E-state index in [-0.39, 0.29) is 7.43 Å². The second-order valence-corrected chi connectivity index (χ2v) is 6.35. The maximum atomic E-state index is 3.37. The van der Waals surface area contributed by atoms with Crippen LogP contribution in [0.25, 0.3) is 0 Å². The van der Waals surface area contributed by atoms with Crippen molar-refractivity contribution in [1.82, 2.24) is 10.6 Å². The molecule has 0 aliphatic carbocycles. The summed E-state index contributed by atoms with van der Waals surface area (Å²) in [5.41, 5.74) is 0.603. The van der Waals surface area contributed by atoms with E-state index in [1.165, 1.54) is 12.8 Å². The van der Waals surface area contributed by atoms with E-state index in [1.54, 1.807) is 0 Å². The summed E-state index contributed by atoms with van der Waals surface area (Å²) in [6, 6.07) is 0. The van der Waals surface area contributed by atoms with E-state index >= 15 is 0 Å². The molecular weight excluding hydrogens is 208 g/mol. The van der Waals surface area contributed by atoms with Crippen molar-refractivity contribution in [3.63, 3.8) is 0 Å². The first-order valence-electron chi connectivity index (χ1n) is 6.62. The van der Waals surface area contributed by atoms with Gasteiger partial charge in [0.15, 0.2) is 0 Å². The van der Waals surface area contributed by atoms with Crippen molar-refractivity contribution in [3.05, 3.63) is 0 Å². The van der Waals surface area contributed by atoms with Crippen LogP contribution in [-0.4, -0.2) is 24.2 Å². The van der Waals surface area contributed by atoms with Crippen LogP contribution in [0.5, 0.6) is 0 Å². The Kier molecular flexibility index (Phi) is 14.4. The van der Waals surface area contributed by atoms with Gasteiger partial charge < -0.3 is 10.6 Å². The fourth-order valence-corrected chi connectivity index (χ4v) is 1.000.